The van der Waals surface area contributed by atoms with Crippen molar-refractivity contribution in [3.63, 3.8) is 0 Å². The normalized spacial score (nSPS) is 11.7. The first kappa shape index (κ1) is 41.3. The van der Waals surface area contributed by atoms with E-state index in [9.17, 15) is 5.11 Å². The number of nitrogens with zero attached hydrogens (tertiary/aromatic N) is 1. The van der Waals surface area contributed by atoms with Gasteiger partial charge >= 0.3 is 0 Å². The summed E-state index contributed by atoms with van der Waals surface area (Å²) in [5, 5.41) is 9.41. The second-order valence-corrected chi connectivity index (χ2v) is 13.1. The van der Waals surface area contributed by atoms with Gasteiger partial charge in [-0.3, -0.25) is 0 Å². The predicted octanol–water partition coefficient (Wildman–Crippen LogP) is 8.78. The SMILES string of the molecule is CCCCCCCCCCCCCCCC[N+](C)(CCCO)CCCCCCCCCCCCCCCC.[Cl-]. The van der Waals surface area contributed by atoms with E-state index in [-0.39, 0.29) is 12.4 Å². The summed E-state index contributed by atoms with van der Waals surface area (Å²) in [7, 11) is 2.46. The lowest BCUT2D eigenvalue weighted by Gasteiger charge is -2.35. The Morgan fingerprint density at radius 3 is 0.769 bits per heavy atom. The molecular formula is C36H76ClNO. The lowest BCUT2D eigenvalue weighted by molar-refractivity contribution is -0.910. The van der Waals surface area contributed by atoms with Crippen molar-refractivity contribution in [2.45, 2.75) is 200 Å². The number of unbranched alkanes of at least 4 members (excludes halogenated alkanes) is 26. The highest BCUT2D eigenvalue weighted by Gasteiger charge is 2.20. The van der Waals surface area contributed by atoms with E-state index in [1.807, 2.05) is 0 Å². The Hall–Kier alpha value is 0.210. The first-order valence-electron chi connectivity index (χ1n) is 18.1. The van der Waals surface area contributed by atoms with Crippen molar-refractivity contribution in [3.8, 4) is 0 Å². The average Bonchev–Trinajstić information content (AvgIpc) is 2.92. The van der Waals surface area contributed by atoms with Crippen molar-refractivity contribution in [2.75, 3.05) is 33.3 Å². The van der Waals surface area contributed by atoms with Crippen LogP contribution in [0.1, 0.15) is 200 Å². The standard InChI is InChI=1S/C36H76NO.ClH/c1-4-6-8-10-12-14-16-18-20-22-24-26-28-30-33-37(3,35-32-36-38)34-31-29-27-25-23-21-19-17-15-13-11-9-7-5-2;/h38H,4-36H2,1-3H3;1H/q+1;/p-1. The van der Waals surface area contributed by atoms with Gasteiger partial charge < -0.3 is 22.0 Å². The summed E-state index contributed by atoms with van der Waals surface area (Å²) in [6.07, 6.45) is 41.2. The summed E-state index contributed by atoms with van der Waals surface area (Å²) in [4.78, 5) is 0. The third kappa shape index (κ3) is 32.6. The highest BCUT2D eigenvalue weighted by molar-refractivity contribution is 4.52. The number of rotatable bonds is 33. The van der Waals surface area contributed by atoms with Crippen LogP contribution in [-0.4, -0.2) is 42.9 Å². The minimum atomic E-state index is 0. The molecule has 0 bridgehead atoms. The molecule has 0 atom stereocenters. The number of aliphatic hydroxyl groups excluding tert-OH is 1. The van der Waals surface area contributed by atoms with Crippen LogP contribution in [0, 0.1) is 0 Å². The maximum absolute atomic E-state index is 9.41. The summed E-state index contributed by atoms with van der Waals surface area (Å²) in [5.41, 5.74) is 0. The van der Waals surface area contributed by atoms with Crippen LogP contribution in [0.3, 0.4) is 0 Å². The van der Waals surface area contributed by atoms with Gasteiger partial charge in [-0.15, -0.1) is 0 Å². The van der Waals surface area contributed by atoms with Crippen LogP contribution >= 0.6 is 0 Å². The fourth-order valence-corrected chi connectivity index (χ4v) is 6.16. The predicted molar refractivity (Wildman–Crippen MR) is 173 cm³/mol. The van der Waals surface area contributed by atoms with E-state index in [1.54, 1.807) is 0 Å². The summed E-state index contributed by atoms with van der Waals surface area (Å²) in [5.74, 6) is 0. The van der Waals surface area contributed by atoms with Crippen LogP contribution in [0.25, 0.3) is 0 Å². The number of hydrogen-bond acceptors (Lipinski definition) is 1. The van der Waals surface area contributed by atoms with Crippen LogP contribution in [0.2, 0.25) is 0 Å². The van der Waals surface area contributed by atoms with Crippen molar-refractivity contribution in [2.24, 2.45) is 0 Å². The molecule has 0 amide bonds. The van der Waals surface area contributed by atoms with Gasteiger partial charge in [-0.05, 0) is 25.7 Å². The molecule has 1 N–H and O–H groups in total. The molecule has 238 valence electrons. The topological polar surface area (TPSA) is 20.2 Å². The Morgan fingerprint density at radius 1 is 0.333 bits per heavy atom. The van der Waals surface area contributed by atoms with E-state index in [4.69, 9.17) is 0 Å². The van der Waals surface area contributed by atoms with Gasteiger partial charge in [0, 0.05) is 13.0 Å². The molecule has 0 spiro atoms. The molecule has 0 radical (unpaired) electrons. The maximum Gasteiger partial charge on any atom is 0.0806 e. The first-order chi connectivity index (χ1) is 18.7. The third-order valence-corrected chi connectivity index (χ3v) is 8.96. The minimum absolute atomic E-state index is 0. The molecule has 0 rings (SSSR count). The van der Waals surface area contributed by atoms with Crippen LogP contribution in [-0.2, 0) is 0 Å². The molecule has 0 heterocycles. The number of aliphatic hydroxyl groups is 1. The van der Waals surface area contributed by atoms with E-state index in [1.165, 1.54) is 197 Å². The summed E-state index contributed by atoms with van der Waals surface area (Å²) < 4.78 is 1.19. The molecule has 0 aromatic rings. The molecule has 39 heavy (non-hydrogen) atoms. The fraction of sp³-hybridized carbons (Fsp3) is 1.00. The average molecular weight is 574 g/mol. The van der Waals surface area contributed by atoms with E-state index in [2.05, 4.69) is 20.9 Å². The van der Waals surface area contributed by atoms with E-state index >= 15 is 0 Å². The Morgan fingerprint density at radius 2 is 0.538 bits per heavy atom. The highest BCUT2D eigenvalue weighted by atomic mass is 35.5. The van der Waals surface area contributed by atoms with Crippen molar-refractivity contribution < 1.29 is 22.0 Å². The highest BCUT2D eigenvalue weighted by Crippen LogP contribution is 2.17. The molecule has 2 nitrogen and oxygen atoms in total. The van der Waals surface area contributed by atoms with Crippen molar-refractivity contribution in [1.29, 1.82) is 0 Å². The summed E-state index contributed by atoms with van der Waals surface area (Å²) >= 11 is 0. The van der Waals surface area contributed by atoms with E-state index in [0.717, 1.165) is 13.0 Å². The van der Waals surface area contributed by atoms with Gasteiger partial charge in [0.15, 0.2) is 0 Å². The second kappa shape index (κ2) is 34.4. The molecule has 0 aromatic heterocycles. The second-order valence-electron chi connectivity index (χ2n) is 13.1. The van der Waals surface area contributed by atoms with Crippen molar-refractivity contribution >= 4 is 0 Å². The Balaban J connectivity index is 0. The van der Waals surface area contributed by atoms with Crippen LogP contribution in [0.15, 0.2) is 0 Å². The molecule has 3 heteroatoms. The summed E-state index contributed by atoms with van der Waals surface area (Å²) in [6.45, 7) is 8.75. The largest absolute Gasteiger partial charge is 1.00 e. The molecule has 0 saturated carbocycles. The molecular weight excluding hydrogens is 498 g/mol. The van der Waals surface area contributed by atoms with E-state index < -0.39 is 0 Å². The van der Waals surface area contributed by atoms with Gasteiger partial charge in [-0.2, -0.15) is 0 Å². The van der Waals surface area contributed by atoms with Crippen LogP contribution < -0.4 is 12.4 Å². The summed E-state index contributed by atoms with van der Waals surface area (Å²) in [6, 6.07) is 0. The third-order valence-electron chi connectivity index (χ3n) is 8.96. The smallest absolute Gasteiger partial charge is 0.0806 e. The molecule has 0 saturated heterocycles. The zero-order valence-corrected chi connectivity index (χ0v) is 28.4. The lowest BCUT2D eigenvalue weighted by Crippen LogP contribution is -3.00. The van der Waals surface area contributed by atoms with Gasteiger partial charge in [0.25, 0.3) is 0 Å². The van der Waals surface area contributed by atoms with E-state index in [0.29, 0.717) is 6.61 Å². The first-order valence-corrected chi connectivity index (χ1v) is 18.1. The van der Waals surface area contributed by atoms with Gasteiger partial charge in [-0.25, -0.2) is 0 Å². The maximum atomic E-state index is 9.41. The zero-order valence-electron chi connectivity index (χ0n) is 27.6. The molecule has 0 aromatic carbocycles. The number of halogens is 1. The van der Waals surface area contributed by atoms with Gasteiger partial charge in [-0.1, -0.05) is 168 Å². The number of hydrogen-bond donors (Lipinski definition) is 1. The van der Waals surface area contributed by atoms with Crippen LogP contribution in [0.5, 0.6) is 0 Å². The van der Waals surface area contributed by atoms with Crippen molar-refractivity contribution in [3.05, 3.63) is 0 Å². The Labute approximate surface area is 254 Å². The van der Waals surface area contributed by atoms with Crippen LogP contribution in [0.4, 0.5) is 0 Å². The zero-order chi connectivity index (χ0) is 27.8. The molecule has 0 unspecified atom stereocenters. The van der Waals surface area contributed by atoms with Gasteiger partial charge in [0.1, 0.15) is 0 Å². The lowest BCUT2D eigenvalue weighted by atomic mass is 10.0. The van der Waals surface area contributed by atoms with Gasteiger partial charge in [0.2, 0.25) is 0 Å². The Bertz CT molecular complexity index is 398. The Kier molecular flexibility index (Phi) is 36.5. The minimum Gasteiger partial charge on any atom is -1.00 e. The molecule has 0 fully saturated rings. The number of quaternary nitrogens is 1. The fourth-order valence-electron chi connectivity index (χ4n) is 6.16. The monoisotopic (exact) mass is 574 g/mol. The molecule has 0 aliphatic rings. The molecule has 0 aliphatic heterocycles. The quantitative estimate of drug-likeness (QED) is 0.0614. The molecule has 0 aliphatic carbocycles. The van der Waals surface area contributed by atoms with Gasteiger partial charge in [0.05, 0.1) is 26.7 Å². The van der Waals surface area contributed by atoms with Crippen molar-refractivity contribution in [1.82, 2.24) is 0 Å².